The molecule has 0 radical (unpaired) electrons. The number of H-pyrrole nitrogens is 1. The van der Waals surface area contributed by atoms with Crippen molar-refractivity contribution in [2.24, 2.45) is 0 Å². The Balaban J connectivity index is 1.22. The van der Waals surface area contributed by atoms with E-state index in [4.69, 9.17) is 4.74 Å². The van der Waals surface area contributed by atoms with Crippen molar-refractivity contribution >= 4 is 28.9 Å². The van der Waals surface area contributed by atoms with Crippen LogP contribution in [0.1, 0.15) is 51.8 Å². The molecule has 1 fully saturated rings. The van der Waals surface area contributed by atoms with Crippen molar-refractivity contribution < 1.29 is 9.53 Å². The molecular weight excluding hydrogens is 492 g/mol. The SMILES string of the molecule is CC(C)c1cc(-c2ccc3nc(Nc4cc(CN5CCN(C(=O)OC(C)(C)C)CC5)ccn4)[nH]c3c2)ncn1. The lowest BCUT2D eigenvalue weighted by Crippen LogP contribution is -2.49. The number of pyridine rings is 1. The first-order chi connectivity index (χ1) is 18.6. The van der Waals surface area contributed by atoms with Crippen LogP contribution < -0.4 is 5.32 Å². The molecule has 10 heteroatoms. The molecule has 39 heavy (non-hydrogen) atoms. The Morgan fingerprint density at radius 1 is 1.05 bits per heavy atom. The summed E-state index contributed by atoms with van der Waals surface area (Å²) in [7, 11) is 0. The van der Waals surface area contributed by atoms with Crippen molar-refractivity contribution in [3.05, 3.63) is 60.2 Å². The van der Waals surface area contributed by atoms with Gasteiger partial charge in [-0.3, -0.25) is 4.90 Å². The molecule has 3 aromatic heterocycles. The molecule has 4 heterocycles. The van der Waals surface area contributed by atoms with Crippen LogP contribution >= 0.6 is 0 Å². The topological polar surface area (TPSA) is 112 Å². The number of piperazine rings is 1. The van der Waals surface area contributed by atoms with Gasteiger partial charge in [0.25, 0.3) is 0 Å². The summed E-state index contributed by atoms with van der Waals surface area (Å²) in [6.45, 7) is 13.6. The fourth-order valence-corrected chi connectivity index (χ4v) is 4.51. The van der Waals surface area contributed by atoms with E-state index >= 15 is 0 Å². The van der Waals surface area contributed by atoms with E-state index in [9.17, 15) is 4.79 Å². The third-order valence-corrected chi connectivity index (χ3v) is 6.56. The fourth-order valence-electron chi connectivity index (χ4n) is 4.51. The smallest absolute Gasteiger partial charge is 0.410 e. The van der Waals surface area contributed by atoms with Gasteiger partial charge in [-0.2, -0.15) is 0 Å². The van der Waals surface area contributed by atoms with Crippen molar-refractivity contribution in [1.29, 1.82) is 0 Å². The second-order valence-electron chi connectivity index (χ2n) is 11.2. The van der Waals surface area contributed by atoms with Crippen LogP contribution in [0.25, 0.3) is 22.3 Å². The molecule has 1 amide bonds. The van der Waals surface area contributed by atoms with Crippen LogP contribution in [0.2, 0.25) is 0 Å². The van der Waals surface area contributed by atoms with E-state index in [1.54, 1.807) is 17.4 Å². The lowest BCUT2D eigenvalue weighted by atomic mass is 10.1. The summed E-state index contributed by atoms with van der Waals surface area (Å²) in [5.41, 5.74) is 5.35. The molecule has 1 aliphatic heterocycles. The molecule has 1 aromatic carbocycles. The van der Waals surface area contributed by atoms with Crippen molar-refractivity contribution in [1.82, 2.24) is 34.7 Å². The van der Waals surface area contributed by atoms with Crippen molar-refractivity contribution in [3.63, 3.8) is 0 Å². The molecular formula is C29H36N8O2. The number of nitrogens with zero attached hydrogens (tertiary/aromatic N) is 6. The molecule has 204 valence electrons. The summed E-state index contributed by atoms with van der Waals surface area (Å²) < 4.78 is 5.50. The number of anilines is 2. The van der Waals surface area contributed by atoms with E-state index < -0.39 is 5.60 Å². The minimum absolute atomic E-state index is 0.243. The number of rotatable bonds is 6. The maximum atomic E-state index is 12.3. The third kappa shape index (κ3) is 6.69. The first-order valence-corrected chi connectivity index (χ1v) is 13.4. The Morgan fingerprint density at radius 3 is 2.59 bits per heavy atom. The van der Waals surface area contributed by atoms with Crippen LogP contribution in [0.3, 0.4) is 0 Å². The molecule has 1 aliphatic rings. The third-order valence-electron chi connectivity index (χ3n) is 6.56. The summed E-state index contributed by atoms with van der Waals surface area (Å²) in [6, 6.07) is 12.2. The van der Waals surface area contributed by atoms with Gasteiger partial charge in [0.1, 0.15) is 17.7 Å². The number of aromatic nitrogens is 5. The minimum Gasteiger partial charge on any atom is -0.444 e. The summed E-state index contributed by atoms with van der Waals surface area (Å²) in [6.07, 6.45) is 3.18. The van der Waals surface area contributed by atoms with Gasteiger partial charge in [0.15, 0.2) is 0 Å². The molecule has 0 bridgehead atoms. The van der Waals surface area contributed by atoms with E-state index in [-0.39, 0.29) is 6.09 Å². The molecule has 0 saturated carbocycles. The lowest BCUT2D eigenvalue weighted by Gasteiger charge is -2.35. The van der Waals surface area contributed by atoms with E-state index in [0.29, 0.717) is 25.0 Å². The molecule has 10 nitrogen and oxygen atoms in total. The van der Waals surface area contributed by atoms with Gasteiger partial charge in [0.05, 0.1) is 16.7 Å². The van der Waals surface area contributed by atoms with Gasteiger partial charge >= 0.3 is 6.09 Å². The van der Waals surface area contributed by atoms with Crippen LogP contribution in [0.5, 0.6) is 0 Å². The summed E-state index contributed by atoms with van der Waals surface area (Å²) >= 11 is 0. The van der Waals surface area contributed by atoms with Gasteiger partial charge in [-0.05, 0) is 62.6 Å². The Labute approximate surface area is 228 Å². The van der Waals surface area contributed by atoms with Gasteiger partial charge < -0.3 is 19.9 Å². The second-order valence-corrected chi connectivity index (χ2v) is 11.2. The first kappa shape index (κ1) is 26.6. The first-order valence-electron chi connectivity index (χ1n) is 13.4. The average Bonchev–Trinajstić information content (AvgIpc) is 3.30. The number of ether oxygens (including phenoxy) is 1. The molecule has 0 atom stereocenters. The molecule has 0 spiro atoms. The maximum absolute atomic E-state index is 12.3. The number of amides is 1. The van der Waals surface area contributed by atoms with Crippen LogP contribution in [0, 0.1) is 0 Å². The summed E-state index contributed by atoms with van der Waals surface area (Å²) in [4.78, 5) is 37.8. The zero-order valence-corrected chi connectivity index (χ0v) is 23.2. The van der Waals surface area contributed by atoms with E-state index in [1.165, 1.54) is 0 Å². The van der Waals surface area contributed by atoms with Crippen molar-refractivity contribution in [3.8, 4) is 11.3 Å². The number of imidazole rings is 1. The monoisotopic (exact) mass is 528 g/mol. The van der Waals surface area contributed by atoms with Crippen molar-refractivity contribution in [2.75, 3.05) is 31.5 Å². The number of fused-ring (bicyclic) bond motifs is 1. The number of hydrogen-bond donors (Lipinski definition) is 2. The van der Waals surface area contributed by atoms with E-state index in [2.05, 4.69) is 55.1 Å². The fraction of sp³-hybridized carbons (Fsp3) is 0.414. The Hall–Kier alpha value is -4.05. The van der Waals surface area contributed by atoms with Crippen LogP contribution in [0.4, 0.5) is 16.6 Å². The number of carbonyl (C=O) groups is 1. The highest BCUT2D eigenvalue weighted by Crippen LogP contribution is 2.25. The standard InChI is InChI=1S/C29H36N8O2/c1-19(2)23-16-24(32-18-31-23)21-6-7-22-25(15-21)34-27(33-22)35-26-14-20(8-9-30-26)17-36-10-12-37(13-11-36)28(38)39-29(3,4)5/h6-9,14-16,18-19H,10-13,17H2,1-5H3,(H2,30,33,34,35). The number of aromatic amines is 1. The predicted molar refractivity (Wildman–Crippen MR) is 152 cm³/mol. The normalized spacial score (nSPS) is 14.7. The Morgan fingerprint density at radius 2 is 1.85 bits per heavy atom. The number of hydrogen-bond acceptors (Lipinski definition) is 8. The second kappa shape index (κ2) is 11.0. The average molecular weight is 529 g/mol. The quantitative estimate of drug-likeness (QED) is 0.345. The Bertz CT molecular complexity index is 1450. The maximum Gasteiger partial charge on any atom is 0.410 e. The number of nitrogens with one attached hydrogen (secondary N) is 2. The highest BCUT2D eigenvalue weighted by atomic mass is 16.6. The van der Waals surface area contributed by atoms with E-state index in [0.717, 1.165) is 59.0 Å². The highest BCUT2D eigenvalue weighted by molar-refractivity contribution is 5.83. The number of benzene rings is 1. The molecule has 0 unspecified atom stereocenters. The molecule has 0 aliphatic carbocycles. The van der Waals surface area contributed by atoms with Gasteiger partial charge in [-0.1, -0.05) is 19.9 Å². The van der Waals surface area contributed by atoms with Crippen LogP contribution in [0.15, 0.2) is 48.9 Å². The van der Waals surface area contributed by atoms with Gasteiger partial charge in [-0.15, -0.1) is 0 Å². The lowest BCUT2D eigenvalue weighted by molar-refractivity contribution is 0.0139. The molecule has 1 saturated heterocycles. The van der Waals surface area contributed by atoms with Gasteiger partial charge in [0.2, 0.25) is 5.95 Å². The summed E-state index contributed by atoms with van der Waals surface area (Å²) in [5.74, 6) is 1.68. The minimum atomic E-state index is -0.481. The molecule has 2 N–H and O–H groups in total. The van der Waals surface area contributed by atoms with E-state index in [1.807, 2.05) is 51.1 Å². The summed E-state index contributed by atoms with van der Waals surface area (Å²) in [5, 5.41) is 3.31. The zero-order chi connectivity index (χ0) is 27.6. The van der Waals surface area contributed by atoms with Crippen LogP contribution in [-0.4, -0.2) is 72.6 Å². The highest BCUT2D eigenvalue weighted by Gasteiger charge is 2.25. The molecule has 5 rings (SSSR count). The van der Waals surface area contributed by atoms with Gasteiger partial charge in [-0.25, -0.2) is 24.7 Å². The largest absolute Gasteiger partial charge is 0.444 e. The van der Waals surface area contributed by atoms with Crippen molar-refractivity contribution in [2.45, 2.75) is 52.7 Å². The molecule has 4 aromatic rings. The Kier molecular flexibility index (Phi) is 7.47. The van der Waals surface area contributed by atoms with Crippen LogP contribution in [-0.2, 0) is 11.3 Å². The predicted octanol–water partition coefficient (Wildman–Crippen LogP) is 5.33. The zero-order valence-electron chi connectivity index (χ0n) is 23.2. The number of carbonyl (C=O) groups excluding carboxylic acids is 1. The van der Waals surface area contributed by atoms with Gasteiger partial charge in [0, 0.05) is 50.2 Å².